The van der Waals surface area contributed by atoms with Gasteiger partial charge in [0.05, 0.1) is 37.7 Å². The normalized spacial score (nSPS) is 10.8. The van der Waals surface area contributed by atoms with E-state index in [9.17, 15) is 4.79 Å². The SMILES string of the molecule is COc1ccccc1OCCn1c(CNC(=O)Cc2ccc(-c3ccccc3)cc2)nc2ccccc21. The number of benzene rings is 4. The molecule has 4 aromatic carbocycles. The number of methoxy groups -OCH3 is 1. The number of imidazole rings is 1. The molecule has 0 aliphatic carbocycles. The Labute approximate surface area is 216 Å². The smallest absolute Gasteiger partial charge is 0.224 e. The number of fused-ring (bicyclic) bond motifs is 1. The number of nitrogens with zero attached hydrogens (tertiary/aromatic N) is 2. The molecule has 0 aliphatic rings. The number of carbonyl (C=O) groups is 1. The van der Waals surface area contributed by atoms with E-state index >= 15 is 0 Å². The molecule has 37 heavy (non-hydrogen) atoms. The van der Waals surface area contributed by atoms with E-state index in [0.29, 0.717) is 37.6 Å². The number of para-hydroxylation sites is 4. The Bertz CT molecular complexity index is 1480. The van der Waals surface area contributed by atoms with Gasteiger partial charge in [0.1, 0.15) is 12.4 Å². The van der Waals surface area contributed by atoms with Crippen molar-refractivity contribution in [2.45, 2.75) is 19.5 Å². The van der Waals surface area contributed by atoms with Crippen LogP contribution in [0.5, 0.6) is 11.5 Å². The van der Waals surface area contributed by atoms with Crippen molar-refractivity contribution in [3.8, 4) is 22.6 Å². The Morgan fingerprint density at radius 3 is 2.27 bits per heavy atom. The highest BCUT2D eigenvalue weighted by atomic mass is 16.5. The van der Waals surface area contributed by atoms with Gasteiger partial charge in [-0.15, -0.1) is 0 Å². The van der Waals surface area contributed by atoms with E-state index in [4.69, 9.17) is 14.5 Å². The van der Waals surface area contributed by atoms with Gasteiger partial charge in [-0.3, -0.25) is 4.79 Å². The summed E-state index contributed by atoms with van der Waals surface area (Å²) in [6.45, 7) is 1.37. The second-order valence-corrected chi connectivity index (χ2v) is 8.68. The Balaban J connectivity index is 1.23. The fraction of sp³-hybridized carbons (Fsp3) is 0.161. The highest BCUT2D eigenvalue weighted by Crippen LogP contribution is 2.26. The zero-order chi connectivity index (χ0) is 25.5. The fourth-order valence-corrected chi connectivity index (χ4v) is 4.37. The molecule has 0 saturated heterocycles. The van der Waals surface area contributed by atoms with E-state index in [1.165, 1.54) is 0 Å². The Kier molecular flexibility index (Phi) is 7.46. The molecule has 1 amide bonds. The minimum atomic E-state index is -0.0451. The largest absolute Gasteiger partial charge is 0.493 e. The lowest BCUT2D eigenvalue weighted by molar-refractivity contribution is -0.120. The molecule has 0 atom stereocenters. The third-order valence-electron chi connectivity index (χ3n) is 6.24. The number of nitrogens with one attached hydrogen (secondary N) is 1. The zero-order valence-corrected chi connectivity index (χ0v) is 20.8. The molecule has 5 aromatic rings. The van der Waals surface area contributed by atoms with Gasteiger partial charge in [-0.25, -0.2) is 4.98 Å². The van der Waals surface area contributed by atoms with E-state index in [0.717, 1.165) is 33.5 Å². The predicted molar refractivity (Wildman–Crippen MR) is 146 cm³/mol. The lowest BCUT2D eigenvalue weighted by Gasteiger charge is -2.13. The third-order valence-corrected chi connectivity index (χ3v) is 6.24. The number of rotatable bonds is 10. The van der Waals surface area contributed by atoms with E-state index in [1.807, 2.05) is 78.9 Å². The molecule has 1 heterocycles. The monoisotopic (exact) mass is 491 g/mol. The fourth-order valence-electron chi connectivity index (χ4n) is 4.37. The van der Waals surface area contributed by atoms with Gasteiger partial charge in [-0.05, 0) is 41.0 Å². The first-order valence-corrected chi connectivity index (χ1v) is 12.3. The topological polar surface area (TPSA) is 65.4 Å². The highest BCUT2D eigenvalue weighted by Gasteiger charge is 2.13. The van der Waals surface area contributed by atoms with Crippen LogP contribution in [0.1, 0.15) is 11.4 Å². The first-order chi connectivity index (χ1) is 18.2. The minimum absolute atomic E-state index is 0.0451. The first kappa shape index (κ1) is 24.1. The Morgan fingerprint density at radius 2 is 1.49 bits per heavy atom. The number of aromatic nitrogens is 2. The quantitative estimate of drug-likeness (QED) is 0.274. The van der Waals surface area contributed by atoms with Gasteiger partial charge < -0.3 is 19.4 Å². The summed E-state index contributed by atoms with van der Waals surface area (Å²) in [5.41, 5.74) is 5.16. The maximum absolute atomic E-state index is 12.8. The van der Waals surface area contributed by atoms with Crippen LogP contribution < -0.4 is 14.8 Å². The molecule has 0 saturated carbocycles. The molecule has 0 aliphatic heterocycles. The van der Waals surface area contributed by atoms with Crippen LogP contribution in [0.25, 0.3) is 22.2 Å². The van der Waals surface area contributed by atoms with Crippen LogP contribution in [0, 0.1) is 0 Å². The number of hydrogen-bond donors (Lipinski definition) is 1. The predicted octanol–water partition coefficient (Wildman–Crippen LogP) is 5.65. The minimum Gasteiger partial charge on any atom is -0.493 e. The average molecular weight is 492 g/mol. The molecule has 6 heteroatoms. The van der Waals surface area contributed by atoms with E-state index in [2.05, 4.69) is 34.1 Å². The molecule has 5 rings (SSSR count). The van der Waals surface area contributed by atoms with Crippen molar-refractivity contribution in [3.63, 3.8) is 0 Å². The summed E-state index contributed by atoms with van der Waals surface area (Å²) in [4.78, 5) is 17.5. The molecule has 0 bridgehead atoms. The molecule has 1 aromatic heterocycles. The molecule has 186 valence electrons. The van der Waals surface area contributed by atoms with Crippen LogP contribution >= 0.6 is 0 Å². The van der Waals surface area contributed by atoms with Gasteiger partial charge in [0.15, 0.2) is 11.5 Å². The second-order valence-electron chi connectivity index (χ2n) is 8.68. The van der Waals surface area contributed by atoms with Crippen molar-refractivity contribution in [1.29, 1.82) is 0 Å². The highest BCUT2D eigenvalue weighted by molar-refractivity contribution is 5.79. The van der Waals surface area contributed by atoms with Crippen LogP contribution in [0.15, 0.2) is 103 Å². The van der Waals surface area contributed by atoms with E-state index < -0.39 is 0 Å². The van der Waals surface area contributed by atoms with E-state index in [1.54, 1.807) is 7.11 Å². The maximum Gasteiger partial charge on any atom is 0.224 e. The first-order valence-electron chi connectivity index (χ1n) is 12.3. The third kappa shape index (κ3) is 5.81. The molecular formula is C31H29N3O3. The molecule has 0 radical (unpaired) electrons. The van der Waals surface area contributed by atoms with Crippen molar-refractivity contribution in [2.75, 3.05) is 13.7 Å². The van der Waals surface area contributed by atoms with Gasteiger partial charge in [0, 0.05) is 0 Å². The van der Waals surface area contributed by atoms with Gasteiger partial charge in [-0.1, -0.05) is 78.9 Å². The summed E-state index contributed by atoms with van der Waals surface area (Å²) in [5.74, 6) is 2.14. The standard InChI is InChI=1S/C31H29N3O3/c1-36-28-13-7-8-14-29(28)37-20-19-34-27-12-6-5-11-26(27)33-30(34)22-32-31(35)21-23-15-17-25(18-16-23)24-9-3-2-4-10-24/h2-18H,19-22H2,1H3,(H,32,35). The number of hydrogen-bond acceptors (Lipinski definition) is 4. The van der Waals surface area contributed by atoms with Crippen molar-refractivity contribution in [3.05, 3.63) is 115 Å². The summed E-state index contributed by atoms with van der Waals surface area (Å²) in [5, 5.41) is 3.04. The summed E-state index contributed by atoms with van der Waals surface area (Å²) in [6.07, 6.45) is 0.312. The molecule has 0 unspecified atom stereocenters. The van der Waals surface area contributed by atoms with Crippen LogP contribution in [0.3, 0.4) is 0 Å². The maximum atomic E-state index is 12.8. The summed E-state index contributed by atoms with van der Waals surface area (Å²) < 4.78 is 13.5. The van der Waals surface area contributed by atoms with Gasteiger partial charge in [0.2, 0.25) is 5.91 Å². The molecule has 1 N–H and O–H groups in total. The Morgan fingerprint density at radius 1 is 0.811 bits per heavy atom. The Hall–Kier alpha value is -4.58. The van der Waals surface area contributed by atoms with Crippen LogP contribution in [0.4, 0.5) is 0 Å². The van der Waals surface area contributed by atoms with E-state index in [-0.39, 0.29) is 5.91 Å². The number of amides is 1. The lowest BCUT2D eigenvalue weighted by Crippen LogP contribution is -2.26. The average Bonchev–Trinajstić information content (AvgIpc) is 3.30. The van der Waals surface area contributed by atoms with Crippen molar-refractivity contribution in [1.82, 2.24) is 14.9 Å². The van der Waals surface area contributed by atoms with Gasteiger partial charge in [0.25, 0.3) is 0 Å². The molecule has 6 nitrogen and oxygen atoms in total. The van der Waals surface area contributed by atoms with Crippen molar-refractivity contribution in [2.24, 2.45) is 0 Å². The van der Waals surface area contributed by atoms with Crippen LogP contribution in [-0.4, -0.2) is 29.2 Å². The molecular weight excluding hydrogens is 462 g/mol. The second kappa shape index (κ2) is 11.4. The summed E-state index contributed by atoms with van der Waals surface area (Å²) in [6, 6.07) is 33.9. The summed E-state index contributed by atoms with van der Waals surface area (Å²) >= 11 is 0. The molecule has 0 fully saturated rings. The zero-order valence-electron chi connectivity index (χ0n) is 20.8. The molecule has 0 spiro atoms. The van der Waals surface area contributed by atoms with Crippen LogP contribution in [0.2, 0.25) is 0 Å². The lowest BCUT2D eigenvalue weighted by atomic mass is 10.0. The number of carbonyl (C=O) groups excluding carboxylic acids is 1. The van der Waals surface area contributed by atoms with Crippen molar-refractivity contribution >= 4 is 16.9 Å². The van der Waals surface area contributed by atoms with Gasteiger partial charge >= 0.3 is 0 Å². The number of ether oxygens (including phenoxy) is 2. The van der Waals surface area contributed by atoms with Crippen molar-refractivity contribution < 1.29 is 14.3 Å². The van der Waals surface area contributed by atoms with Gasteiger partial charge in [-0.2, -0.15) is 0 Å². The van der Waals surface area contributed by atoms with Crippen LogP contribution in [-0.2, 0) is 24.3 Å². The summed E-state index contributed by atoms with van der Waals surface area (Å²) in [7, 11) is 1.63.